The van der Waals surface area contributed by atoms with E-state index in [4.69, 9.17) is 15.9 Å². The number of hydrogen-bond donors (Lipinski definition) is 4. The summed E-state index contributed by atoms with van der Waals surface area (Å²) in [5, 5.41) is 21.0. The molecule has 0 bridgehead atoms. The lowest BCUT2D eigenvalue weighted by Crippen LogP contribution is -2.43. The van der Waals surface area contributed by atoms with Crippen molar-refractivity contribution in [2.24, 2.45) is 5.73 Å². The molecule has 7 nitrogen and oxygen atoms in total. The summed E-state index contributed by atoms with van der Waals surface area (Å²) in [6.07, 6.45) is 4.30. The van der Waals surface area contributed by atoms with Crippen LogP contribution >= 0.6 is 0 Å². The van der Waals surface area contributed by atoms with E-state index in [1.165, 1.54) is 0 Å². The first-order valence-corrected chi connectivity index (χ1v) is 10.1. The number of ether oxygens (including phenoxy) is 1. The maximum atomic E-state index is 12.5. The molecular weight excluding hydrogens is 392 g/mol. The predicted molar refractivity (Wildman–Crippen MR) is 121 cm³/mol. The summed E-state index contributed by atoms with van der Waals surface area (Å²) in [5.41, 5.74) is 6.90. The number of nitrogens with two attached hydrogens (primary N) is 1. The minimum absolute atomic E-state index is 0.0422. The quantitative estimate of drug-likeness (QED) is 0.299. The van der Waals surface area contributed by atoms with Gasteiger partial charge in [0, 0.05) is 17.4 Å². The molecule has 1 heterocycles. The van der Waals surface area contributed by atoms with Crippen LogP contribution in [-0.4, -0.2) is 21.9 Å². The topological polar surface area (TPSA) is 121 Å². The van der Waals surface area contributed by atoms with Gasteiger partial charge in [-0.25, -0.2) is 4.79 Å². The van der Waals surface area contributed by atoms with Crippen LogP contribution in [-0.2, 0) is 16.8 Å². The number of benzene rings is 2. The molecule has 1 unspecified atom stereocenters. The highest BCUT2D eigenvalue weighted by atomic mass is 16.5. The fourth-order valence-corrected chi connectivity index (χ4v) is 3.39. The van der Waals surface area contributed by atoms with Gasteiger partial charge in [0.05, 0.1) is 6.20 Å². The smallest absolute Gasteiger partial charge is 0.334 e. The van der Waals surface area contributed by atoms with Gasteiger partial charge in [-0.05, 0) is 72.5 Å². The number of nitrogens with zero attached hydrogens (tertiary/aromatic N) is 1. The van der Waals surface area contributed by atoms with Crippen molar-refractivity contribution in [1.82, 2.24) is 4.98 Å². The molecule has 0 aliphatic rings. The van der Waals surface area contributed by atoms with Crippen LogP contribution in [0.25, 0.3) is 0 Å². The normalized spacial score (nSPS) is 12.6. The average Bonchev–Trinajstić information content (AvgIpc) is 2.78. The molecule has 31 heavy (non-hydrogen) atoms. The summed E-state index contributed by atoms with van der Waals surface area (Å²) in [4.78, 5) is 16.6. The van der Waals surface area contributed by atoms with Gasteiger partial charge in [-0.3, -0.25) is 10.4 Å². The summed E-state index contributed by atoms with van der Waals surface area (Å²) < 4.78 is 5.95. The molecule has 2 aromatic carbocycles. The highest BCUT2D eigenvalue weighted by molar-refractivity contribution is 5.95. The first-order valence-electron chi connectivity index (χ1n) is 10.1. The third-order valence-electron chi connectivity index (χ3n) is 5.19. The van der Waals surface area contributed by atoms with Crippen molar-refractivity contribution in [3.63, 3.8) is 0 Å². The van der Waals surface area contributed by atoms with Crippen LogP contribution < -0.4 is 15.8 Å². The number of aryl methyl sites for hydroxylation is 1. The van der Waals surface area contributed by atoms with Gasteiger partial charge in [0.2, 0.25) is 0 Å². The molecular formula is C24H26N4O3. The lowest BCUT2D eigenvalue weighted by atomic mass is 9.85. The van der Waals surface area contributed by atoms with Crippen LogP contribution in [0.5, 0.6) is 11.5 Å². The number of aromatic nitrogens is 1. The Kier molecular flexibility index (Phi) is 6.55. The third-order valence-corrected chi connectivity index (χ3v) is 5.19. The zero-order valence-corrected chi connectivity index (χ0v) is 17.6. The van der Waals surface area contributed by atoms with Crippen LogP contribution in [0.3, 0.4) is 0 Å². The van der Waals surface area contributed by atoms with Crippen molar-refractivity contribution < 1.29 is 14.6 Å². The molecule has 5 N–H and O–H groups in total. The summed E-state index contributed by atoms with van der Waals surface area (Å²) in [7, 11) is 0. The van der Waals surface area contributed by atoms with E-state index in [1.807, 2.05) is 26.0 Å². The maximum absolute atomic E-state index is 12.5. The number of carboxylic acids is 1. The molecule has 0 amide bonds. The fourth-order valence-electron chi connectivity index (χ4n) is 3.39. The molecule has 0 saturated carbocycles. The number of carbonyl (C=O) groups is 1. The molecule has 3 rings (SSSR count). The van der Waals surface area contributed by atoms with Crippen molar-refractivity contribution >= 4 is 17.5 Å². The molecule has 1 aromatic heterocycles. The van der Waals surface area contributed by atoms with E-state index < -0.39 is 11.5 Å². The van der Waals surface area contributed by atoms with E-state index in [9.17, 15) is 9.90 Å². The van der Waals surface area contributed by atoms with Crippen LogP contribution in [0.1, 0.15) is 37.0 Å². The Morgan fingerprint density at radius 2 is 1.90 bits per heavy atom. The monoisotopic (exact) mass is 418 g/mol. The Morgan fingerprint density at radius 1 is 1.16 bits per heavy atom. The van der Waals surface area contributed by atoms with Crippen molar-refractivity contribution in [2.45, 2.75) is 32.2 Å². The van der Waals surface area contributed by atoms with E-state index in [2.05, 4.69) is 10.3 Å². The Hall–Kier alpha value is -3.87. The van der Waals surface area contributed by atoms with Crippen molar-refractivity contribution in [3.05, 3.63) is 83.7 Å². The van der Waals surface area contributed by atoms with Crippen LogP contribution in [0.2, 0.25) is 0 Å². The minimum atomic E-state index is -1.37. The van der Waals surface area contributed by atoms with Gasteiger partial charge in [-0.1, -0.05) is 19.9 Å². The van der Waals surface area contributed by atoms with Gasteiger partial charge in [-0.15, -0.1) is 0 Å². The molecule has 0 aliphatic carbocycles. The van der Waals surface area contributed by atoms with E-state index in [0.29, 0.717) is 34.7 Å². The first kappa shape index (κ1) is 21.8. The highest BCUT2D eigenvalue weighted by Gasteiger charge is 2.39. The Balaban J connectivity index is 2.03. The molecule has 7 heteroatoms. The standard InChI is InChI=1S/C24H26N4O3/c1-3-16-12-18(14-21(13-16)31-20-6-5-11-27-15-20)24(4-2,23(29)30)28-19-9-7-17(8-10-19)22(25)26/h5-15,28H,3-4H2,1-2H3,(H3,25,26)(H,29,30). The molecule has 1 atom stereocenters. The number of nitrogen functional groups attached to an aromatic ring is 1. The Labute approximate surface area is 181 Å². The van der Waals surface area contributed by atoms with Crippen molar-refractivity contribution in [2.75, 3.05) is 5.32 Å². The lowest BCUT2D eigenvalue weighted by molar-refractivity contribution is -0.142. The van der Waals surface area contributed by atoms with E-state index >= 15 is 0 Å². The number of amidine groups is 1. The van der Waals surface area contributed by atoms with E-state index in [0.717, 1.165) is 12.0 Å². The SMILES string of the molecule is CCc1cc(Oc2cccnc2)cc(C(CC)(Nc2ccc(C(=N)N)cc2)C(=O)O)c1. The van der Waals surface area contributed by atoms with Gasteiger partial charge in [-0.2, -0.15) is 0 Å². The number of anilines is 1. The molecule has 0 aliphatic heterocycles. The molecule has 0 saturated heterocycles. The molecule has 0 spiro atoms. The van der Waals surface area contributed by atoms with Crippen LogP contribution in [0, 0.1) is 5.41 Å². The molecule has 160 valence electrons. The van der Waals surface area contributed by atoms with Gasteiger partial charge in [0.15, 0.2) is 5.54 Å². The third kappa shape index (κ3) is 4.83. The summed E-state index contributed by atoms with van der Waals surface area (Å²) in [5.74, 6) is 0.0904. The van der Waals surface area contributed by atoms with Crippen molar-refractivity contribution in [3.8, 4) is 11.5 Å². The zero-order chi connectivity index (χ0) is 22.4. The number of aliphatic carboxylic acids is 1. The number of carboxylic acid groups (broad SMARTS) is 1. The number of rotatable bonds is 9. The van der Waals surface area contributed by atoms with Gasteiger partial charge >= 0.3 is 5.97 Å². The van der Waals surface area contributed by atoms with Crippen molar-refractivity contribution in [1.29, 1.82) is 5.41 Å². The van der Waals surface area contributed by atoms with E-state index in [-0.39, 0.29) is 5.84 Å². The summed E-state index contributed by atoms with van der Waals surface area (Å²) in [6.45, 7) is 3.83. The van der Waals surface area contributed by atoms with Gasteiger partial charge < -0.3 is 20.9 Å². The number of hydrogen-bond acceptors (Lipinski definition) is 5. The zero-order valence-electron chi connectivity index (χ0n) is 17.6. The number of pyridine rings is 1. The summed E-state index contributed by atoms with van der Waals surface area (Å²) in [6, 6.07) is 15.9. The first-order chi connectivity index (χ1) is 14.9. The van der Waals surface area contributed by atoms with Crippen LogP contribution in [0.4, 0.5) is 5.69 Å². The van der Waals surface area contributed by atoms with Gasteiger partial charge in [0.25, 0.3) is 0 Å². The predicted octanol–water partition coefficient (Wildman–Crippen LogP) is 4.52. The second-order valence-corrected chi connectivity index (χ2v) is 7.19. The molecule has 3 aromatic rings. The van der Waals surface area contributed by atoms with E-state index in [1.54, 1.807) is 54.9 Å². The van der Waals surface area contributed by atoms with Crippen LogP contribution in [0.15, 0.2) is 67.0 Å². The second-order valence-electron chi connectivity index (χ2n) is 7.19. The maximum Gasteiger partial charge on any atom is 0.334 e. The Morgan fingerprint density at radius 3 is 2.45 bits per heavy atom. The fraction of sp³-hybridized carbons (Fsp3) is 0.208. The molecule has 0 radical (unpaired) electrons. The average molecular weight is 418 g/mol. The molecule has 0 fully saturated rings. The van der Waals surface area contributed by atoms with Gasteiger partial charge in [0.1, 0.15) is 17.3 Å². The summed E-state index contributed by atoms with van der Waals surface area (Å²) >= 11 is 0. The number of nitrogens with one attached hydrogen (secondary N) is 2. The second kappa shape index (κ2) is 9.30. The minimum Gasteiger partial charge on any atom is -0.479 e. The largest absolute Gasteiger partial charge is 0.479 e. The highest BCUT2D eigenvalue weighted by Crippen LogP contribution is 2.35. The lowest BCUT2D eigenvalue weighted by Gasteiger charge is -2.32. The Bertz CT molecular complexity index is 1070.